The second kappa shape index (κ2) is 6.21. The van der Waals surface area contributed by atoms with Crippen LogP contribution in [0.4, 0.5) is 17.5 Å². The normalized spacial score (nSPS) is 18.2. The molecule has 0 atom stereocenters. The summed E-state index contributed by atoms with van der Waals surface area (Å²) >= 11 is 3.47. The molecule has 2 aromatic rings. The van der Waals surface area contributed by atoms with Crippen molar-refractivity contribution in [2.75, 3.05) is 36.9 Å². The van der Waals surface area contributed by atoms with Gasteiger partial charge in [0.1, 0.15) is 11.4 Å². The highest BCUT2D eigenvalue weighted by molar-refractivity contribution is 9.10. The first-order valence-corrected chi connectivity index (χ1v) is 9.19. The molecule has 0 unspecified atom stereocenters. The smallest absolute Gasteiger partial charge is 0.263 e. The molecule has 8 heteroatoms. The van der Waals surface area contributed by atoms with E-state index in [0.717, 1.165) is 47.6 Å². The summed E-state index contributed by atoms with van der Waals surface area (Å²) < 4.78 is 6.27. The molecule has 136 valence electrons. The Balaban J connectivity index is 1.59. The van der Waals surface area contributed by atoms with E-state index in [1.807, 2.05) is 30.9 Å². The third kappa shape index (κ3) is 2.93. The van der Waals surface area contributed by atoms with E-state index >= 15 is 0 Å². The molecule has 2 aliphatic rings. The summed E-state index contributed by atoms with van der Waals surface area (Å²) in [6, 6.07) is 3.97. The number of hydrogen-bond donors (Lipinski definition) is 2. The lowest BCUT2D eigenvalue weighted by Crippen LogP contribution is -2.66. The van der Waals surface area contributed by atoms with Gasteiger partial charge in [0.05, 0.1) is 24.3 Å². The molecule has 0 amide bonds. The molecule has 7 nitrogen and oxygen atoms in total. The molecule has 0 saturated carbocycles. The predicted octanol–water partition coefficient (Wildman–Crippen LogP) is 2.32. The molecule has 2 fully saturated rings. The van der Waals surface area contributed by atoms with Crippen LogP contribution in [0.5, 0.6) is 0 Å². The van der Waals surface area contributed by atoms with Gasteiger partial charge in [-0.3, -0.25) is 14.8 Å². The molecule has 0 aliphatic carbocycles. The molecule has 1 aromatic carbocycles. The van der Waals surface area contributed by atoms with Crippen molar-refractivity contribution in [3.05, 3.63) is 43.6 Å². The molecular weight excluding hydrogens is 398 g/mol. The molecule has 3 N–H and O–H groups in total. The lowest BCUT2D eigenvalue weighted by Gasteiger charge is -2.55. The predicted molar refractivity (Wildman–Crippen MR) is 106 cm³/mol. The average Bonchev–Trinajstić information content (AvgIpc) is 2.45. The number of nitrogens with two attached hydrogens (primary N) is 1. The van der Waals surface area contributed by atoms with Crippen LogP contribution in [0.1, 0.15) is 16.7 Å². The van der Waals surface area contributed by atoms with E-state index in [1.54, 1.807) is 0 Å². The average molecular weight is 418 g/mol. The van der Waals surface area contributed by atoms with Crippen molar-refractivity contribution >= 4 is 39.6 Å². The number of aliphatic imine (C=N–C) groups is 1. The number of hydrogen-bond acceptors (Lipinski definition) is 6. The number of H-pyrrole nitrogens is 1. The molecule has 0 radical (unpaired) electrons. The maximum absolute atomic E-state index is 12.5. The minimum absolute atomic E-state index is 0.186. The number of ether oxygens (including phenoxy) is 1. The minimum atomic E-state index is -0.283. The highest BCUT2D eigenvalue weighted by atomic mass is 79.9. The van der Waals surface area contributed by atoms with Crippen molar-refractivity contribution in [3.8, 4) is 0 Å². The summed E-state index contributed by atoms with van der Waals surface area (Å²) in [5.41, 5.74) is 9.12. The monoisotopic (exact) mass is 417 g/mol. The molecule has 1 spiro atoms. The Morgan fingerprint density at radius 2 is 2.00 bits per heavy atom. The van der Waals surface area contributed by atoms with Crippen molar-refractivity contribution in [1.82, 2.24) is 9.97 Å². The van der Waals surface area contributed by atoms with E-state index in [2.05, 4.69) is 30.9 Å². The molecule has 1 aromatic heterocycles. The number of aromatic nitrogens is 2. The largest absolute Gasteiger partial charge is 0.383 e. The maximum atomic E-state index is 12.5. The van der Waals surface area contributed by atoms with Crippen LogP contribution in [0.3, 0.4) is 0 Å². The van der Waals surface area contributed by atoms with Gasteiger partial charge >= 0.3 is 0 Å². The fourth-order valence-corrected chi connectivity index (χ4v) is 4.17. The Kier molecular flexibility index (Phi) is 4.11. The number of halogens is 1. The number of nitrogens with one attached hydrogen (secondary N) is 1. The van der Waals surface area contributed by atoms with Gasteiger partial charge in [-0.15, -0.1) is 0 Å². The zero-order valence-electron chi connectivity index (χ0n) is 14.7. The Morgan fingerprint density at radius 1 is 1.35 bits per heavy atom. The summed E-state index contributed by atoms with van der Waals surface area (Å²) in [7, 11) is 0. The summed E-state index contributed by atoms with van der Waals surface area (Å²) in [6.45, 7) is 7.17. The van der Waals surface area contributed by atoms with Crippen LogP contribution in [-0.2, 0) is 4.74 Å². The van der Waals surface area contributed by atoms with Gasteiger partial charge in [0.25, 0.3) is 5.56 Å². The number of nitrogens with zero attached hydrogens (tertiary/aromatic N) is 3. The summed E-state index contributed by atoms with van der Waals surface area (Å²) in [4.78, 5) is 26.1. The number of anilines is 2. The first kappa shape index (κ1) is 17.2. The van der Waals surface area contributed by atoms with Gasteiger partial charge in [-0.1, -0.05) is 15.9 Å². The highest BCUT2D eigenvalue weighted by Gasteiger charge is 2.49. The topological polar surface area (TPSA) is 96.6 Å². The molecule has 4 rings (SSSR count). The van der Waals surface area contributed by atoms with E-state index in [-0.39, 0.29) is 22.4 Å². The summed E-state index contributed by atoms with van der Waals surface area (Å²) in [5, 5.41) is 0. The number of aryl methyl sites for hydroxylation is 2. The van der Waals surface area contributed by atoms with Crippen LogP contribution >= 0.6 is 15.9 Å². The van der Waals surface area contributed by atoms with Crippen molar-refractivity contribution in [3.63, 3.8) is 0 Å². The van der Waals surface area contributed by atoms with Crippen molar-refractivity contribution in [2.24, 2.45) is 10.4 Å². The fourth-order valence-electron chi connectivity index (χ4n) is 3.48. The summed E-state index contributed by atoms with van der Waals surface area (Å²) in [5.74, 6) is 0.698. The number of rotatable bonds is 3. The van der Waals surface area contributed by atoms with Gasteiger partial charge in [-0.25, -0.2) is 0 Å². The Labute approximate surface area is 159 Å². The molecular formula is C18H20BrN5O2. The molecule has 2 saturated heterocycles. The zero-order valence-corrected chi connectivity index (χ0v) is 16.3. The van der Waals surface area contributed by atoms with Crippen molar-refractivity contribution in [1.29, 1.82) is 0 Å². The van der Waals surface area contributed by atoms with Gasteiger partial charge in [0.2, 0.25) is 5.95 Å². The van der Waals surface area contributed by atoms with Crippen molar-refractivity contribution in [2.45, 2.75) is 13.8 Å². The summed E-state index contributed by atoms with van der Waals surface area (Å²) in [6.07, 6.45) is 1.49. The van der Waals surface area contributed by atoms with Gasteiger partial charge in [-0.05, 0) is 37.1 Å². The number of aromatic amines is 1. The molecule has 3 heterocycles. The van der Waals surface area contributed by atoms with Crippen molar-refractivity contribution < 1.29 is 4.74 Å². The Morgan fingerprint density at radius 3 is 2.54 bits per heavy atom. The van der Waals surface area contributed by atoms with Gasteiger partial charge in [-0.2, -0.15) is 4.98 Å². The Hall–Kier alpha value is -2.19. The Bertz CT molecular complexity index is 934. The van der Waals surface area contributed by atoms with Crippen LogP contribution in [-0.4, -0.2) is 42.5 Å². The first-order valence-electron chi connectivity index (χ1n) is 8.40. The highest BCUT2D eigenvalue weighted by Crippen LogP contribution is 2.38. The van der Waals surface area contributed by atoms with Gasteiger partial charge in [0, 0.05) is 23.8 Å². The second-order valence-electron chi connectivity index (χ2n) is 7.18. The van der Waals surface area contributed by atoms with E-state index in [9.17, 15) is 4.79 Å². The number of nitrogen functional groups attached to an aromatic ring is 1. The standard InChI is InChI=1S/C18H20BrN5O2/c1-10-3-12(19)4-11(2)14(10)21-5-13-15(20)22-17(23-16(13)25)24-6-18(7-24)8-26-9-18/h3-5H,6-9H2,1-2H3,(H3,20,22,23,25). The lowest BCUT2D eigenvalue weighted by molar-refractivity contribution is -0.127. The third-order valence-electron chi connectivity index (χ3n) is 4.92. The second-order valence-corrected chi connectivity index (χ2v) is 8.10. The quantitative estimate of drug-likeness (QED) is 0.746. The van der Waals surface area contributed by atoms with E-state index in [4.69, 9.17) is 10.5 Å². The SMILES string of the molecule is Cc1cc(Br)cc(C)c1N=Cc1c(N)nc(N2CC3(COC3)C2)[nH]c1=O. The fraction of sp³-hybridized carbons (Fsp3) is 0.389. The number of benzene rings is 1. The molecule has 2 aliphatic heterocycles. The third-order valence-corrected chi connectivity index (χ3v) is 5.38. The van der Waals surface area contributed by atoms with E-state index < -0.39 is 0 Å². The maximum Gasteiger partial charge on any atom is 0.263 e. The van der Waals surface area contributed by atoms with Crippen LogP contribution in [0.2, 0.25) is 0 Å². The van der Waals surface area contributed by atoms with Crippen LogP contribution in [0.15, 0.2) is 26.4 Å². The van der Waals surface area contributed by atoms with Gasteiger partial charge in [0.15, 0.2) is 0 Å². The zero-order chi connectivity index (χ0) is 18.5. The first-order chi connectivity index (χ1) is 12.4. The van der Waals surface area contributed by atoms with Crippen LogP contribution in [0, 0.1) is 19.3 Å². The lowest BCUT2D eigenvalue weighted by atomic mass is 9.78. The van der Waals surface area contributed by atoms with E-state index in [0.29, 0.717) is 5.95 Å². The van der Waals surface area contributed by atoms with E-state index in [1.165, 1.54) is 6.21 Å². The molecule has 0 bridgehead atoms. The van der Waals surface area contributed by atoms with Crippen LogP contribution < -0.4 is 16.2 Å². The van der Waals surface area contributed by atoms with Gasteiger partial charge < -0.3 is 15.4 Å². The minimum Gasteiger partial charge on any atom is -0.383 e. The van der Waals surface area contributed by atoms with Crippen LogP contribution in [0.25, 0.3) is 0 Å². The molecule has 26 heavy (non-hydrogen) atoms.